The number of halogens is 3. The molecule has 3 aliphatic rings. The molecule has 2 N–H and O–H groups in total. The number of amides is 3. The predicted octanol–water partition coefficient (Wildman–Crippen LogP) is 2.31. The molecule has 11 heteroatoms. The predicted molar refractivity (Wildman–Crippen MR) is 112 cm³/mol. The van der Waals surface area contributed by atoms with E-state index in [-0.39, 0.29) is 29.6 Å². The number of carbonyl (C=O) groups is 2. The van der Waals surface area contributed by atoms with Gasteiger partial charge in [0, 0.05) is 37.2 Å². The molecule has 4 rings (SSSR count). The smallest absolute Gasteiger partial charge is 0.315 e. The fraction of sp³-hybridized carbons (Fsp3) is 0.476. The lowest BCUT2D eigenvalue weighted by Crippen LogP contribution is -2.54. The molecule has 8 nitrogen and oxygen atoms in total. The first kappa shape index (κ1) is 22.1. The van der Waals surface area contributed by atoms with Gasteiger partial charge in [-0.3, -0.25) is 9.48 Å². The summed E-state index contributed by atoms with van der Waals surface area (Å²) in [5, 5.41) is 10.0. The third-order valence-electron chi connectivity index (χ3n) is 6.09. The molecule has 3 aliphatic heterocycles. The summed E-state index contributed by atoms with van der Waals surface area (Å²) in [4.78, 5) is 28.8. The highest BCUT2D eigenvalue weighted by molar-refractivity contribution is 5.97. The van der Waals surface area contributed by atoms with E-state index in [1.54, 1.807) is 15.8 Å². The van der Waals surface area contributed by atoms with Gasteiger partial charge in [-0.1, -0.05) is 6.58 Å². The molecule has 1 aromatic rings. The van der Waals surface area contributed by atoms with Crippen molar-refractivity contribution in [2.75, 3.05) is 31.2 Å². The summed E-state index contributed by atoms with van der Waals surface area (Å²) in [6.07, 6.45) is 3.64. The highest BCUT2D eigenvalue weighted by Gasteiger charge is 2.48. The molecule has 4 heterocycles. The molecule has 2 saturated heterocycles. The van der Waals surface area contributed by atoms with Crippen LogP contribution >= 0.6 is 0 Å². The first-order valence-electron chi connectivity index (χ1n) is 10.3. The molecule has 32 heavy (non-hydrogen) atoms. The Kier molecular flexibility index (Phi) is 5.85. The Morgan fingerprint density at radius 2 is 2.16 bits per heavy atom. The number of urea groups is 1. The van der Waals surface area contributed by atoms with E-state index >= 15 is 0 Å². The molecule has 1 atom stereocenters. The van der Waals surface area contributed by atoms with Crippen molar-refractivity contribution in [1.82, 2.24) is 25.3 Å². The lowest BCUT2D eigenvalue weighted by Gasteiger charge is -2.38. The lowest BCUT2D eigenvalue weighted by atomic mass is 9.81. The summed E-state index contributed by atoms with van der Waals surface area (Å²) >= 11 is 0. The molecule has 0 aromatic carbocycles. The summed E-state index contributed by atoms with van der Waals surface area (Å²) < 4.78 is 40.9. The largest absolute Gasteiger partial charge is 0.322 e. The molecular formula is C21H25F3N6O2. The van der Waals surface area contributed by atoms with Gasteiger partial charge in [0.25, 0.3) is 0 Å². The van der Waals surface area contributed by atoms with Crippen LogP contribution in [0.3, 0.4) is 0 Å². The third-order valence-corrected chi connectivity index (χ3v) is 6.09. The van der Waals surface area contributed by atoms with Crippen LogP contribution in [0.4, 0.5) is 23.7 Å². The Labute approximate surface area is 183 Å². The normalized spacial score (nSPS) is 22.8. The van der Waals surface area contributed by atoms with Crippen LogP contribution in [-0.2, 0) is 17.9 Å². The average Bonchev–Trinajstić information content (AvgIpc) is 3.26. The number of hydrogen-bond acceptors (Lipinski definition) is 4. The van der Waals surface area contributed by atoms with Crippen LogP contribution in [0.25, 0.3) is 0 Å². The van der Waals surface area contributed by atoms with Crippen molar-refractivity contribution in [3.63, 3.8) is 0 Å². The van der Waals surface area contributed by atoms with Gasteiger partial charge < -0.3 is 20.4 Å². The van der Waals surface area contributed by atoms with Crippen LogP contribution in [0.1, 0.15) is 19.0 Å². The van der Waals surface area contributed by atoms with Crippen LogP contribution in [0, 0.1) is 5.41 Å². The molecule has 2 fully saturated rings. The number of alkyl halides is 1. The Balaban J connectivity index is 1.54. The number of nitrogens with zero attached hydrogens (tertiary/aromatic N) is 4. The van der Waals surface area contributed by atoms with Gasteiger partial charge in [-0.2, -0.15) is 5.10 Å². The molecule has 172 valence electrons. The van der Waals surface area contributed by atoms with E-state index in [0.717, 1.165) is 19.2 Å². The number of aromatic nitrogens is 2. The van der Waals surface area contributed by atoms with E-state index in [1.807, 2.05) is 6.92 Å². The number of allylic oxidation sites excluding steroid dienone is 4. The zero-order chi connectivity index (χ0) is 23.0. The number of fused-ring (bicyclic) bond motifs is 1. The fourth-order valence-corrected chi connectivity index (χ4v) is 4.40. The molecule has 0 bridgehead atoms. The van der Waals surface area contributed by atoms with Gasteiger partial charge >= 0.3 is 6.03 Å². The summed E-state index contributed by atoms with van der Waals surface area (Å²) in [6, 6.07) is -0.893. The van der Waals surface area contributed by atoms with Gasteiger partial charge in [0.05, 0.1) is 36.7 Å². The molecule has 0 radical (unpaired) electrons. The van der Waals surface area contributed by atoms with Crippen LogP contribution in [0.2, 0.25) is 0 Å². The Morgan fingerprint density at radius 3 is 2.75 bits per heavy atom. The number of hydrogen-bond donors (Lipinski definition) is 2. The number of nitrogens with one attached hydrogen (secondary N) is 2. The van der Waals surface area contributed by atoms with Crippen molar-refractivity contribution >= 4 is 17.6 Å². The average molecular weight is 450 g/mol. The minimum absolute atomic E-state index is 0.0236. The molecule has 1 aromatic heterocycles. The van der Waals surface area contributed by atoms with Crippen molar-refractivity contribution in [2.24, 2.45) is 5.41 Å². The monoisotopic (exact) mass is 450 g/mol. The second-order valence-electron chi connectivity index (χ2n) is 8.60. The van der Waals surface area contributed by atoms with Crippen LogP contribution in [0.15, 0.2) is 42.3 Å². The van der Waals surface area contributed by atoms with Crippen molar-refractivity contribution in [3.05, 3.63) is 48.0 Å². The van der Waals surface area contributed by atoms with Crippen LogP contribution in [-0.4, -0.2) is 59.0 Å². The zero-order valence-corrected chi connectivity index (χ0v) is 17.7. The molecule has 0 saturated carbocycles. The second-order valence-corrected chi connectivity index (χ2v) is 8.60. The first-order chi connectivity index (χ1) is 15.2. The van der Waals surface area contributed by atoms with Crippen molar-refractivity contribution in [3.8, 4) is 0 Å². The van der Waals surface area contributed by atoms with E-state index in [2.05, 4.69) is 22.3 Å². The number of rotatable bonds is 5. The van der Waals surface area contributed by atoms with Gasteiger partial charge in [0.2, 0.25) is 5.91 Å². The van der Waals surface area contributed by atoms with E-state index < -0.39 is 24.4 Å². The Hall–Kier alpha value is -3.08. The maximum atomic E-state index is 13.4. The maximum absolute atomic E-state index is 13.4. The van der Waals surface area contributed by atoms with E-state index in [4.69, 9.17) is 0 Å². The minimum atomic E-state index is -1.38. The minimum Gasteiger partial charge on any atom is -0.315 e. The quantitative estimate of drug-likeness (QED) is 0.675. The first-order valence-corrected chi connectivity index (χ1v) is 10.3. The number of carbonyl (C=O) groups excluding carboxylic acids is 2. The van der Waals surface area contributed by atoms with Crippen molar-refractivity contribution in [1.29, 1.82) is 0 Å². The fourth-order valence-electron chi connectivity index (χ4n) is 4.40. The highest BCUT2D eigenvalue weighted by atomic mass is 19.2. The topological polar surface area (TPSA) is 82.5 Å². The van der Waals surface area contributed by atoms with Gasteiger partial charge in [-0.05, 0) is 19.1 Å². The summed E-state index contributed by atoms with van der Waals surface area (Å²) in [5.74, 6) is -2.05. The van der Waals surface area contributed by atoms with E-state index in [1.165, 1.54) is 4.90 Å². The zero-order valence-electron chi connectivity index (χ0n) is 17.7. The summed E-state index contributed by atoms with van der Waals surface area (Å²) in [6.45, 7) is 6.22. The SMILES string of the molecule is C=C(F)/C=C(\C=C(\F)CF)NC(=O)N1Cc2c(N3CC4(CNC4)CC3=O)cnn2C[C@@H]1C. The van der Waals surface area contributed by atoms with E-state index in [0.29, 0.717) is 37.0 Å². The summed E-state index contributed by atoms with van der Waals surface area (Å²) in [7, 11) is 0. The molecular weight excluding hydrogens is 425 g/mol. The Bertz CT molecular complexity index is 1010. The maximum Gasteiger partial charge on any atom is 0.322 e. The standard InChI is InChI=1S/C21H25F3N6O2/c1-13(23)3-16(4-15(24)6-22)27-20(32)28-9-18-17(7-26-30(18)8-14(28)2)29-12-21(5-19(29)31)10-25-11-21/h3-4,7,14,25H,1,5-6,8-12H2,2H3,(H,27,32)/b15-4+,16-3+/t14-/m0/s1. The number of anilines is 1. The summed E-state index contributed by atoms with van der Waals surface area (Å²) in [5.41, 5.74) is 1.08. The van der Waals surface area contributed by atoms with Gasteiger partial charge in [0.1, 0.15) is 18.3 Å². The highest BCUT2D eigenvalue weighted by Crippen LogP contribution is 2.39. The molecule has 0 unspecified atom stereocenters. The molecule has 0 aliphatic carbocycles. The van der Waals surface area contributed by atoms with Gasteiger partial charge in [-0.25, -0.2) is 18.0 Å². The molecule has 1 spiro atoms. The van der Waals surface area contributed by atoms with E-state index in [9.17, 15) is 22.8 Å². The van der Waals surface area contributed by atoms with Gasteiger partial charge in [0.15, 0.2) is 0 Å². The lowest BCUT2D eigenvalue weighted by molar-refractivity contribution is -0.118. The van der Waals surface area contributed by atoms with Crippen LogP contribution < -0.4 is 15.5 Å². The second kappa shape index (κ2) is 8.45. The van der Waals surface area contributed by atoms with Crippen molar-refractivity contribution in [2.45, 2.75) is 32.5 Å². The van der Waals surface area contributed by atoms with Crippen molar-refractivity contribution < 1.29 is 22.8 Å². The van der Waals surface area contributed by atoms with Crippen LogP contribution in [0.5, 0.6) is 0 Å². The van der Waals surface area contributed by atoms with Gasteiger partial charge in [-0.15, -0.1) is 0 Å². The Morgan fingerprint density at radius 1 is 1.41 bits per heavy atom. The molecule has 3 amide bonds. The third kappa shape index (κ3) is 4.16.